The molecular formula is C27H36ClN3O5S. The summed E-state index contributed by atoms with van der Waals surface area (Å²) in [6.07, 6.45) is 4.45. The summed E-state index contributed by atoms with van der Waals surface area (Å²) in [6.45, 7) is 12.8. The van der Waals surface area contributed by atoms with Crippen LogP contribution in [0.3, 0.4) is 0 Å². The quantitative estimate of drug-likeness (QED) is 0.351. The number of likely N-dealkylation sites (tertiary alicyclic amines) is 1. The molecule has 0 radical (unpaired) electrons. The number of amides is 1. The molecule has 1 saturated heterocycles. The minimum absolute atomic E-state index is 0.0744. The Labute approximate surface area is 226 Å². The number of hydrogen-bond acceptors (Lipinski definition) is 6. The van der Waals surface area contributed by atoms with Crippen LogP contribution in [0.4, 0.5) is 0 Å². The second-order valence-corrected chi connectivity index (χ2v) is 12.5. The fraction of sp³-hybridized carbons (Fsp3) is 0.481. The predicted molar refractivity (Wildman–Crippen MR) is 148 cm³/mol. The van der Waals surface area contributed by atoms with E-state index in [-0.39, 0.29) is 29.2 Å². The number of aromatic amines is 1. The number of pyridine rings is 1. The summed E-state index contributed by atoms with van der Waals surface area (Å²) < 4.78 is 27.1. The number of piperidine rings is 1. The maximum atomic E-state index is 13.2. The molecule has 2 aromatic rings. The monoisotopic (exact) mass is 549 g/mol. The Kier molecular flexibility index (Phi) is 9.74. The first kappa shape index (κ1) is 29.1. The maximum Gasteiger partial charge on any atom is 0.290 e. The molecule has 2 unspecified atom stereocenters. The lowest BCUT2D eigenvalue weighted by Crippen LogP contribution is -2.46. The number of halogens is 1. The third-order valence-electron chi connectivity index (χ3n) is 6.41. The molecule has 2 atom stereocenters. The van der Waals surface area contributed by atoms with Crippen LogP contribution in [0.25, 0.3) is 0 Å². The number of aryl methyl sites for hydroxylation is 1. The zero-order valence-electron chi connectivity index (χ0n) is 22.1. The lowest BCUT2D eigenvalue weighted by atomic mass is 9.85. The molecule has 0 saturated carbocycles. The van der Waals surface area contributed by atoms with Crippen molar-refractivity contribution in [3.8, 4) is 11.5 Å². The summed E-state index contributed by atoms with van der Waals surface area (Å²) in [5, 5.41) is 0.605. The molecule has 1 aliphatic heterocycles. The highest BCUT2D eigenvalue weighted by atomic mass is 35.5. The van der Waals surface area contributed by atoms with Gasteiger partial charge in [0, 0.05) is 47.3 Å². The Balaban J connectivity index is 1.87. The van der Waals surface area contributed by atoms with Gasteiger partial charge < -0.3 is 23.9 Å². The number of rotatable bonds is 9. The molecule has 0 spiro atoms. The molecule has 8 nitrogen and oxygen atoms in total. The standard InChI is InChI=1S/C27H36ClN3O5S/c1-7-12-36-22-13-17(2)21(28)15-20(22)24(30-37(34)27(3,4)5)18-8-10-31(11-9-18)26(33)19-14-23(35-6)25(32)29-16-19/h7,13-16,18,24,30H,1,8-12H2,2-6H3,(H,29,32). The Morgan fingerprint density at radius 1 is 1.32 bits per heavy atom. The molecule has 202 valence electrons. The average molecular weight is 550 g/mol. The number of nitrogens with one attached hydrogen (secondary N) is 2. The van der Waals surface area contributed by atoms with Gasteiger partial charge in [0.15, 0.2) is 5.75 Å². The van der Waals surface area contributed by atoms with Gasteiger partial charge in [0.05, 0.1) is 18.7 Å². The Morgan fingerprint density at radius 2 is 2.00 bits per heavy atom. The molecule has 37 heavy (non-hydrogen) atoms. The zero-order valence-corrected chi connectivity index (χ0v) is 23.6. The first-order chi connectivity index (χ1) is 17.5. The number of methoxy groups -OCH3 is 1. The van der Waals surface area contributed by atoms with Crippen molar-refractivity contribution >= 4 is 28.9 Å². The van der Waals surface area contributed by atoms with E-state index in [1.807, 2.05) is 39.8 Å². The third-order valence-corrected chi connectivity index (χ3v) is 8.39. The van der Waals surface area contributed by atoms with Gasteiger partial charge in [0.1, 0.15) is 17.1 Å². The summed E-state index contributed by atoms with van der Waals surface area (Å²) in [5.41, 5.74) is 1.70. The van der Waals surface area contributed by atoms with Crippen LogP contribution in [0, 0.1) is 12.8 Å². The van der Waals surface area contributed by atoms with Gasteiger partial charge in [-0.15, -0.1) is 4.72 Å². The molecular weight excluding hydrogens is 514 g/mol. The normalized spacial score (nSPS) is 16.2. The first-order valence-corrected chi connectivity index (χ1v) is 13.8. The number of carbonyl (C=O) groups is 1. The van der Waals surface area contributed by atoms with Crippen LogP contribution < -0.4 is 19.8 Å². The number of hydrogen-bond donors (Lipinski definition) is 2. The van der Waals surface area contributed by atoms with Crippen molar-refractivity contribution in [2.45, 2.75) is 51.3 Å². The summed E-state index contributed by atoms with van der Waals surface area (Å²) >= 11 is 5.18. The second kappa shape index (κ2) is 12.4. The summed E-state index contributed by atoms with van der Waals surface area (Å²) in [6, 6.07) is 4.94. The molecule has 1 aromatic carbocycles. The number of benzene rings is 1. The smallest absolute Gasteiger partial charge is 0.290 e. The SMILES string of the molecule is C=CCOc1cc(C)c(Cl)cc1C(N[S+]([O-])C(C)(C)C)C1CCN(C(=O)c2c[nH]c(=O)c(OC)c2)CC1. The van der Waals surface area contributed by atoms with Crippen molar-refractivity contribution in [3.05, 3.63) is 69.1 Å². The van der Waals surface area contributed by atoms with Gasteiger partial charge in [0.25, 0.3) is 11.5 Å². The largest absolute Gasteiger partial charge is 0.598 e. The van der Waals surface area contributed by atoms with Gasteiger partial charge in [-0.25, -0.2) is 0 Å². The van der Waals surface area contributed by atoms with E-state index in [2.05, 4.69) is 16.3 Å². The van der Waals surface area contributed by atoms with Crippen molar-refractivity contribution in [1.29, 1.82) is 0 Å². The van der Waals surface area contributed by atoms with Crippen molar-refractivity contribution in [2.75, 3.05) is 26.8 Å². The van der Waals surface area contributed by atoms with Gasteiger partial charge in [-0.05, 0) is 64.2 Å². The van der Waals surface area contributed by atoms with E-state index in [1.54, 1.807) is 11.0 Å². The molecule has 3 rings (SSSR count). The highest BCUT2D eigenvalue weighted by molar-refractivity contribution is 7.90. The van der Waals surface area contributed by atoms with Crippen molar-refractivity contribution < 1.29 is 18.8 Å². The van der Waals surface area contributed by atoms with Crippen LogP contribution in [0.5, 0.6) is 11.5 Å². The van der Waals surface area contributed by atoms with Crippen LogP contribution in [0.2, 0.25) is 5.02 Å². The number of nitrogens with zero attached hydrogens (tertiary/aromatic N) is 1. The van der Waals surface area contributed by atoms with E-state index in [9.17, 15) is 14.1 Å². The van der Waals surface area contributed by atoms with Crippen molar-refractivity contribution in [3.63, 3.8) is 0 Å². The predicted octanol–water partition coefficient (Wildman–Crippen LogP) is 4.56. The Morgan fingerprint density at radius 3 is 2.59 bits per heavy atom. The van der Waals surface area contributed by atoms with Crippen LogP contribution in [0.1, 0.15) is 61.1 Å². The van der Waals surface area contributed by atoms with Crippen LogP contribution >= 0.6 is 11.6 Å². The highest BCUT2D eigenvalue weighted by Gasteiger charge is 2.37. The van der Waals surface area contributed by atoms with Crippen molar-refractivity contribution in [1.82, 2.24) is 14.6 Å². The minimum atomic E-state index is -1.35. The lowest BCUT2D eigenvalue weighted by Gasteiger charge is -2.38. The number of carbonyl (C=O) groups excluding carboxylic acids is 1. The van der Waals surface area contributed by atoms with Gasteiger partial charge in [-0.1, -0.05) is 24.3 Å². The van der Waals surface area contributed by atoms with E-state index in [4.69, 9.17) is 21.1 Å². The van der Waals surface area contributed by atoms with E-state index in [0.29, 0.717) is 48.9 Å². The number of aromatic nitrogens is 1. The molecule has 2 heterocycles. The van der Waals surface area contributed by atoms with Crippen LogP contribution in [-0.2, 0) is 11.4 Å². The third kappa shape index (κ3) is 7.10. The fourth-order valence-corrected chi connectivity index (χ4v) is 5.33. The zero-order chi connectivity index (χ0) is 27.3. The molecule has 10 heteroatoms. The van der Waals surface area contributed by atoms with Crippen molar-refractivity contribution in [2.24, 2.45) is 5.92 Å². The number of H-pyrrole nitrogens is 1. The van der Waals surface area contributed by atoms with E-state index in [1.165, 1.54) is 19.4 Å². The summed E-state index contributed by atoms with van der Waals surface area (Å²) in [4.78, 5) is 29.2. The molecule has 0 aliphatic carbocycles. The Hall–Kier alpha value is -2.46. The lowest BCUT2D eigenvalue weighted by molar-refractivity contribution is 0.0673. The highest BCUT2D eigenvalue weighted by Crippen LogP contribution is 2.39. The van der Waals surface area contributed by atoms with Gasteiger partial charge >= 0.3 is 0 Å². The molecule has 0 bridgehead atoms. The van der Waals surface area contributed by atoms with Crippen LogP contribution in [-0.4, -0.2) is 51.9 Å². The minimum Gasteiger partial charge on any atom is -0.598 e. The fourth-order valence-electron chi connectivity index (χ4n) is 4.25. The Bertz CT molecular complexity index is 1170. The van der Waals surface area contributed by atoms with E-state index >= 15 is 0 Å². The summed E-state index contributed by atoms with van der Waals surface area (Å²) in [5.74, 6) is 0.663. The molecule has 1 fully saturated rings. The first-order valence-electron chi connectivity index (χ1n) is 12.2. The number of ether oxygens (including phenoxy) is 2. The molecule has 1 aromatic heterocycles. The van der Waals surface area contributed by atoms with E-state index < -0.39 is 16.1 Å². The average Bonchev–Trinajstić information content (AvgIpc) is 2.87. The summed E-state index contributed by atoms with van der Waals surface area (Å²) in [7, 11) is 1.39. The molecule has 2 N–H and O–H groups in total. The van der Waals surface area contributed by atoms with Gasteiger partial charge in [-0.2, -0.15) is 0 Å². The van der Waals surface area contributed by atoms with E-state index in [0.717, 1.165) is 11.1 Å². The van der Waals surface area contributed by atoms with Crippen LogP contribution in [0.15, 0.2) is 41.8 Å². The van der Waals surface area contributed by atoms with Gasteiger partial charge in [0.2, 0.25) is 0 Å². The topological polar surface area (TPSA) is 107 Å². The molecule has 1 aliphatic rings. The maximum absolute atomic E-state index is 13.2. The molecule has 1 amide bonds. The second-order valence-electron chi connectivity index (χ2n) is 10.1. The van der Waals surface area contributed by atoms with Gasteiger partial charge in [-0.3, -0.25) is 9.59 Å².